The number of halogens is 1. The molecule has 2 aromatic rings. The highest BCUT2D eigenvalue weighted by Crippen LogP contribution is 2.25. The topological polar surface area (TPSA) is 83.5 Å². The summed E-state index contributed by atoms with van der Waals surface area (Å²) in [5.41, 5.74) is -0.00588. The highest BCUT2D eigenvalue weighted by atomic mass is 79.9. The normalized spacial score (nSPS) is 17.1. The first kappa shape index (κ1) is 12.7. The number of nitrogens with zero attached hydrogens (tertiary/aromatic N) is 2. The van der Waals surface area contributed by atoms with Crippen LogP contribution in [0.15, 0.2) is 14.3 Å². The maximum atomic E-state index is 12.0. The standard InChI is InChI=1S/C12H15BrN4O2/c13-11-14-8-9(15-11)17(12(19)16-10(8)18)6-7-4-2-1-3-5-7/h7H,1-6H2,(H,14,15)(H,16,18,19). The summed E-state index contributed by atoms with van der Waals surface area (Å²) < 4.78 is 2.05. The number of hydrogen-bond acceptors (Lipinski definition) is 3. The van der Waals surface area contributed by atoms with Crippen LogP contribution in [0.3, 0.4) is 0 Å². The summed E-state index contributed by atoms with van der Waals surface area (Å²) in [4.78, 5) is 33.1. The largest absolute Gasteiger partial charge is 0.330 e. The quantitative estimate of drug-likeness (QED) is 0.825. The Kier molecular flexibility index (Phi) is 3.30. The second-order valence-electron chi connectivity index (χ2n) is 5.10. The molecule has 0 aromatic carbocycles. The molecule has 2 heterocycles. The molecule has 0 saturated heterocycles. The molecule has 1 aliphatic carbocycles. The van der Waals surface area contributed by atoms with Crippen LogP contribution in [-0.2, 0) is 6.54 Å². The van der Waals surface area contributed by atoms with Crippen molar-refractivity contribution in [3.05, 3.63) is 25.6 Å². The zero-order chi connectivity index (χ0) is 13.4. The maximum Gasteiger partial charge on any atom is 0.330 e. The smallest absolute Gasteiger partial charge is 0.327 e. The SMILES string of the molecule is O=c1[nH]c(=O)n(CC2CCCCC2)c2nc(Br)[nH]c12. The van der Waals surface area contributed by atoms with Crippen molar-refractivity contribution in [3.8, 4) is 0 Å². The van der Waals surface area contributed by atoms with E-state index in [0.717, 1.165) is 12.8 Å². The second kappa shape index (κ2) is 4.96. The van der Waals surface area contributed by atoms with E-state index in [2.05, 4.69) is 30.9 Å². The van der Waals surface area contributed by atoms with Crippen LogP contribution in [0.2, 0.25) is 0 Å². The zero-order valence-corrected chi connectivity index (χ0v) is 12.0. The number of rotatable bonds is 2. The fourth-order valence-electron chi connectivity index (χ4n) is 2.81. The third kappa shape index (κ3) is 2.39. The van der Waals surface area contributed by atoms with Gasteiger partial charge in [-0.15, -0.1) is 0 Å². The van der Waals surface area contributed by atoms with Crippen LogP contribution >= 0.6 is 15.9 Å². The second-order valence-corrected chi connectivity index (χ2v) is 5.85. The number of H-pyrrole nitrogens is 2. The van der Waals surface area contributed by atoms with Crippen LogP contribution in [0.25, 0.3) is 11.2 Å². The van der Waals surface area contributed by atoms with E-state index < -0.39 is 5.56 Å². The van der Waals surface area contributed by atoms with E-state index in [1.54, 1.807) is 4.57 Å². The average Bonchev–Trinajstić information content (AvgIpc) is 2.78. The number of aromatic nitrogens is 4. The summed E-state index contributed by atoms with van der Waals surface area (Å²) in [7, 11) is 0. The lowest BCUT2D eigenvalue weighted by atomic mass is 9.89. The summed E-state index contributed by atoms with van der Waals surface area (Å²) >= 11 is 3.21. The van der Waals surface area contributed by atoms with Gasteiger partial charge in [-0.1, -0.05) is 19.3 Å². The molecule has 1 fully saturated rings. The molecule has 19 heavy (non-hydrogen) atoms. The Bertz CT molecular complexity index is 709. The minimum atomic E-state index is -0.418. The Morgan fingerprint density at radius 2 is 1.95 bits per heavy atom. The lowest BCUT2D eigenvalue weighted by Gasteiger charge is -2.22. The Morgan fingerprint density at radius 3 is 2.68 bits per heavy atom. The molecule has 2 aromatic heterocycles. The first-order chi connectivity index (χ1) is 9.15. The molecule has 0 amide bonds. The van der Waals surface area contributed by atoms with Gasteiger partial charge in [0, 0.05) is 6.54 Å². The first-order valence-corrected chi connectivity index (χ1v) is 7.33. The summed E-state index contributed by atoms with van der Waals surface area (Å²) in [5, 5.41) is 0. The van der Waals surface area contributed by atoms with Crippen molar-refractivity contribution in [2.45, 2.75) is 38.6 Å². The third-order valence-corrected chi connectivity index (χ3v) is 4.15. The van der Waals surface area contributed by atoms with Crippen molar-refractivity contribution in [1.29, 1.82) is 0 Å². The van der Waals surface area contributed by atoms with Gasteiger partial charge in [0.15, 0.2) is 15.9 Å². The number of fused-ring (bicyclic) bond motifs is 1. The van der Waals surface area contributed by atoms with Gasteiger partial charge in [-0.2, -0.15) is 0 Å². The Morgan fingerprint density at radius 1 is 1.21 bits per heavy atom. The third-order valence-electron chi connectivity index (χ3n) is 3.77. The Labute approximate surface area is 117 Å². The zero-order valence-electron chi connectivity index (χ0n) is 10.4. The van der Waals surface area contributed by atoms with Crippen molar-refractivity contribution >= 4 is 27.1 Å². The highest BCUT2D eigenvalue weighted by Gasteiger charge is 2.18. The molecule has 6 nitrogen and oxygen atoms in total. The van der Waals surface area contributed by atoms with Crippen molar-refractivity contribution in [3.63, 3.8) is 0 Å². The fraction of sp³-hybridized carbons (Fsp3) is 0.583. The molecule has 102 valence electrons. The van der Waals surface area contributed by atoms with E-state index in [4.69, 9.17) is 0 Å². The van der Waals surface area contributed by atoms with Gasteiger partial charge < -0.3 is 4.98 Å². The van der Waals surface area contributed by atoms with Crippen LogP contribution in [0.1, 0.15) is 32.1 Å². The number of aromatic amines is 2. The van der Waals surface area contributed by atoms with Gasteiger partial charge in [0.1, 0.15) is 0 Å². The van der Waals surface area contributed by atoms with Gasteiger partial charge in [-0.05, 0) is 34.7 Å². The van der Waals surface area contributed by atoms with E-state index in [-0.39, 0.29) is 5.69 Å². The summed E-state index contributed by atoms with van der Waals surface area (Å²) in [6.45, 7) is 0.628. The molecule has 0 spiro atoms. The Balaban J connectivity index is 2.06. The molecule has 1 aliphatic rings. The number of hydrogen-bond donors (Lipinski definition) is 2. The molecule has 1 saturated carbocycles. The summed E-state index contributed by atoms with van der Waals surface area (Å²) in [6, 6.07) is 0. The molecule has 0 bridgehead atoms. The van der Waals surface area contributed by atoms with Crippen LogP contribution in [0, 0.1) is 5.92 Å². The van der Waals surface area contributed by atoms with Crippen molar-refractivity contribution in [1.82, 2.24) is 19.5 Å². The van der Waals surface area contributed by atoms with Gasteiger partial charge in [-0.25, -0.2) is 9.78 Å². The monoisotopic (exact) mass is 326 g/mol. The first-order valence-electron chi connectivity index (χ1n) is 6.53. The number of nitrogens with one attached hydrogen (secondary N) is 2. The van der Waals surface area contributed by atoms with E-state index in [9.17, 15) is 9.59 Å². The predicted octanol–water partition coefficient (Wildman–Crippen LogP) is 1.76. The minimum absolute atomic E-state index is 0.349. The van der Waals surface area contributed by atoms with Crippen molar-refractivity contribution in [2.75, 3.05) is 0 Å². The molecule has 0 unspecified atom stereocenters. The van der Waals surface area contributed by atoms with E-state index in [1.807, 2.05) is 0 Å². The van der Waals surface area contributed by atoms with Crippen molar-refractivity contribution in [2.24, 2.45) is 5.92 Å². The fourth-order valence-corrected chi connectivity index (χ4v) is 3.18. The predicted molar refractivity (Wildman–Crippen MR) is 75.2 cm³/mol. The van der Waals surface area contributed by atoms with Gasteiger partial charge in [-0.3, -0.25) is 14.3 Å². The summed E-state index contributed by atoms with van der Waals surface area (Å²) in [5.74, 6) is 0.496. The molecule has 0 aliphatic heterocycles. The van der Waals surface area contributed by atoms with E-state index >= 15 is 0 Å². The summed E-state index contributed by atoms with van der Waals surface area (Å²) in [6.07, 6.45) is 5.99. The van der Waals surface area contributed by atoms with Crippen LogP contribution in [-0.4, -0.2) is 19.5 Å². The lowest BCUT2D eigenvalue weighted by Crippen LogP contribution is -2.32. The molecule has 0 radical (unpaired) electrons. The molecule has 0 atom stereocenters. The maximum absolute atomic E-state index is 12.0. The molecule has 2 N–H and O–H groups in total. The van der Waals surface area contributed by atoms with Crippen LogP contribution in [0.4, 0.5) is 0 Å². The Hall–Kier alpha value is -1.37. The van der Waals surface area contributed by atoms with Gasteiger partial charge in [0.2, 0.25) is 0 Å². The lowest BCUT2D eigenvalue weighted by molar-refractivity contribution is 0.317. The molecule has 3 rings (SSSR count). The van der Waals surface area contributed by atoms with Crippen LogP contribution < -0.4 is 11.2 Å². The average molecular weight is 327 g/mol. The number of imidazole rings is 1. The van der Waals surface area contributed by atoms with Gasteiger partial charge in [0.05, 0.1) is 0 Å². The van der Waals surface area contributed by atoms with E-state index in [0.29, 0.717) is 28.4 Å². The highest BCUT2D eigenvalue weighted by molar-refractivity contribution is 9.10. The van der Waals surface area contributed by atoms with Gasteiger partial charge in [0.25, 0.3) is 5.56 Å². The molecular formula is C12H15BrN4O2. The van der Waals surface area contributed by atoms with Gasteiger partial charge >= 0.3 is 5.69 Å². The van der Waals surface area contributed by atoms with E-state index in [1.165, 1.54) is 19.3 Å². The molecular weight excluding hydrogens is 312 g/mol. The van der Waals surface area contributed by atoms with Crippen LogP contribution in [0.5, 0.6) is 0 Å². The van der Waals surface area contributed by atoms with Crippen molar-refractivity contribution < 1.29 is 0 Å². The minimum Gasteiger partial charge on any atom is -0.327 e. The molecule has 7 heteroatoms.